The van der Waals surface area contributed by atoms with Gasteiger partial charge >= 0.3 is 5.97 Å². The van der Waals surface area contributed by atoms with Crippen LogP contribution in [-0.2, 0) is 29.2 Å². The number of pyridine rings is 1. The fraction of sp³-hybridized carbons (Fsp3) is 0.406. The first kappa shape index (κ1) is 30.2. The van der Waals surface area contributed by atoms with Crippen molar-refractivity contribution in [1.82, 2.24) is 19.4 Å². The molecule has 0 radical (unpaired) electrons. The second-order valence-electron chi connectivity index (χ2n) is 11.0. The SMILES string of the molecule is COC(=O)c1ccc2nc(CN3CC[C@H](Oc4ccnc(COc5ccc(Cl)cc5F)c4)C[C@@H]3CF)n(C[C@@H]3CCO3)c2c1. The van der Waals surface area contributed by atoms with E-state index in [1.807, 2.05) is 6.07 Å². The smallest absolute Gasteiger partial charge is 0.337 e. The van der Waals surface area contributed by atoms with Crippen LogP contribution in [0.15, 0.2) is 54.7 Å². The summed E-state index contributed by atoms with van der Waals surface area (Å²) in [6.07, 6.45) is 3.63. The number of rotatable bonds is 11. The Labute approximate surface area is 258 Å². The predicted molar refractivity (Wildman–Crippen MR) is 159 cm³/mol. The van der Waals surface area contributed by atoms with Crippen molar-refractivity contribution < 1.29 is 32.5 Å². The van der Waals surface area contributed by atoms with Crippen molar-refractivity contribution in [3.8, 4) is 11.5 Å². The molecule has 2 aromatic carbocycles. The maximum atomic E-state index is 14.4. The second-order valence-corrected chi connectivity index (χ2v) is 11.4. The molecule has 2 fully saturated rings. The van der Waals surface area contributed by atoms with Gasteiger partial charge in [0, 0.05) is 42.9 Å². The number of esters is 1. The molecule has 9 nitrogen and oxygen atoms in total. The highest BCUT2D eigenvalue weighted by molar-refractivity contribution is 6.30. The number of likely N-dealkylation sites (tertiary alicyclic amines) is 1. The first-order chi connectivity index (χ1) is 21.4. The quantitative estimate of drug-likeness (QED) is 0.194. The van der Waals surface area contributed by atoms with Crippen LogP contribution >= 0.6 is 11.6 Å². The molecule has 232 valence electrons. The molecule has 0 saturated carbocycles. The van der Waals surface area contributed by atoms with Crippen molar-refractivity contribution in [1.29, 1.82) is 0 Å². The van der Waals surface area contributed by atoms with Gasteiger partial charge in [0.05, 0.1) is 48.6 Å². The molecule has 0 bridgehead atoms. The summed E-state index contributed by atoms with van der Waals surface area (Å²) in [5.41, 5.74) is 2.61. The maximum absolute atomic E-state index is 14.4. The van der Waals surface area contributed by atoms with Crippen LogP contribution in [0.5, 0.6) is 11.5 Å². The Morgan fingerprint density at radius 2 is 2.02 bits per heavy atom. The summed E-state index contributed by atoms with van der Waals surface area (Å²) in [7, 11) is 1.36. The van der Waals surface area contributed by atoms with Gasteiger partial charge in [-0.1, -0.05) is 11.6 Å². The summed E-state index contributed by atoms with van der Waals surface area (Å²) in [6.45, 7) is 1.93. The van der Waals surface area contributed by atoms with Gasteiger partial charge in [-0.2, -0.15) is 0 Å². The van der Waals surface area contributed by atoms with Gasteiger partial charge in [0.2, 0.25) is 0 Å². The summed E-state index contributed by atoms with van der Waals surface area (Å²) in [6, 6.07) is 12.7. The molecule has 2 aromatic heterocycles. The molecule has 0 unspecified atom stereocenters. The van der Waals surface area contributed by atoms with Gasteiger partial charge in [-0.15, -0.1) is 0 Å². The monoisotopic (exact) mass is 626 g/mol. The second kappa shape index (κ2) is 13.5. The Morgan fingerprint density at radius 1 is 1.16 bits per heavy atom. The third kappa shape index (κ3) is 6.80. The minimum Gasteiger partial charge on any atom is -0.490 e. The zero-order valence-corrected chi connectivity index (χ0v) is 25.0. The van der Waals surface area contributed by atoms with Crippen LogP contribution in [-0.4, -0.2) is 70.6 Å². The first-order valence-electron chi connectivity index (χ1n) is 14.6. The van der Waals surface area contributed by atoms with E-state index in [9.17, 15) is 13.6 Å². The molecule has 2 aliphatic rings. The zero-order chi connectivity index (χ0) is 30.6. The lowest BCUT2D eigenvalue weighted by molar-refractivity contribution is -0.0594. The van der Waals surface area contributed by atoms with E-state index in [0.717, 1.165) is 29.9 Å². The van der Waals surface area contributed by atoms with Gasteiger partial charge in [-0.25, -0.2) is 18.6 Å². The summed E-state index contributed by atoms with van der Waals surface area (Å²) >= 11 is 5.81. The number of piperidine rings is 1. The van der Waals surface area contributed by atoms with Crippen LogP contribution in [0.3, 0.4) is 0 Å². The van der Waals surface area contributed by atoms with Crippen LogP contribution in [0.25, 0.3) is 11.0 Å². The minimum atomic E-state index is -0.549. The normalized spacial score (nSPS) is 20.3. The Morgan fingerprint density at radius 3 is 2.77 bits per heavy atom. The van der Waals surface area contributed by atoms with E-state index < -0.39 is 18.5 Å². The van der Waals surface area contributed by atoms with E-state index in [1.54, 1.807) is 36.5 Å². The van der Waals surface area contributed by atoms with Gasteiger partial charge < -0.3 is 23.5 Å². The number of ether oxygens (including phenoxy) is 4. The van der Waals surface area contributed by atoms with E-state index in [2.05, 4.69) is 14.5 Å². The van der Waals surface area contributed by atoms with E-state index in [1.165, 1.54) is 19.2 Å². The maximum Gasteiger partial charge on any atom is 0.337 e. The Kier molecular flexibility index (Phi) is 9.25. The molecule has 4 heterocycles. The molecule has 0 N–H and O–H groups in total. The van der Waals surface area contributed by atoms with Crippen LogP contribution in [0.4, 0.5) is 8.78 Å². The van der Waals surface area contributed by atoms with E-state index >= 15 is 0 Å². The molecule has 0 amide bonds. The lowest BCUT2D eigenvalue weighted by Crippen LogP contribution is -2.47. The number of hydrogen-bond donors (Lipinski definition) is 0. The third-order valence-electron chi connectivity index (χ3n) is 8.10. The molecule has 3 atom stereocenters. The van der Waals surface area contributed by atoms with E-state index in [-0.39, 0.29) is 35.6 Å². The number of halogens is 3. The molecular formula is C32H33ClF2N4O5. The number of nitrogens with zero attached hydrogens (tertiary/aromatic N) is 4. The summed E-state index contributed by atoms with van der Waals surface area (Å²) in [5, 5.41) is 0.289. The highest BCUT2D eigenvalue weighted by Crippen LogP contribution is 2.28. The summed E-state index contributed by atoms with van der Waals surface area (Å²) in [4.78, 5) is 23.5. The Hall–Kier alpha value is -3.80. The average Bonchev–Trinajstić information content (AvgIpc) is 3.34. The largest absolute Gasteiger partial charge is 0.490 e. The van der Waals surface area contributed by atoms with Gasteiger partial charge in [0.25, 0.3) is 0 Å². The molecule has 2 saturated heterocycles. The van der Waals surface area contributed by atoms with E-state index in [4.69, 9.17) is 35.5 Å². The van der Waals surface area contributed by atoms with Gasteiger partial charge in [-0.3, -0.25) is 9.88 Å². The zero-order valence-electron chi connectivity index (χ0n) is 24.3. The number of imidazole rings is 1. The Balaban J connectivity index is 1.12. The fourth-order valence-corrected chi connectivity index (χ4v) is 5.80. The standard InChI is InChI=1S/C32H33ClF2N4O5/c1-41-32(40)20-2-4-28-29(12-20)39(17-26-8-11-42-26)31(37-28)18-38-10-7-25(15-23(38)16-34)44-24-6-9-36-22(14-24)19-43-30-5-3-21(33)13-27(30)35/h2-6,9,12-14,23,25-26H,7-8,10-11,15-19H2,1H3/t23-,25+,26+/m1/s1. The number of fused-ring (bicyclic) bond motifs is 1. The molecule has 6 rings (SSSR count). The van der Waals surface area contributed by atoms with Gasteiger partial charge in [0.15, 0.2) is 11.6 Å². The summed E-state index contributed by atoms with van der Waals surface area (Å²) in [5.74, 6) is 0.510. The molecule has 0 aliphatic carbocycles. The molecule has 44 heavy (non-hydrogen) atoms. The number of alkyl halides is 1. The van der Waals surface area contributed by atoms with E-state index in [0.29, 0.717) is 49.5 Å². The highest BCUT2D eigenvalue weighted by atomic mass is 35.5. The number of benzene rings is 2. The average molecular weight is 627 g/mol. The molecule has 2 aliphatic heterocycles. The van der Waals surface area contributed by atoms with Crippen molar-refractivity contribution in [3.05, 3.63) is 82.6 Å². The predicted octanol–water partition coefficient (Wildman–Crippen LogP) is 5.76. The first-order valence-corrected chi connectivity index (χ1v) is 15.0. The molecular weight excluding hydrogens is 594 g/mol. The van der Waals surface area contributed by atoms with Crippen LogP contribution in [0.2, 0.25) is 5.02 Å². The van der Waals surface area contributed by atoms with Gasteiger partial charge in [0.1, 0.15) is 31.0 Å². The van der Waals surface area contributed by atoms with Crippen molar-refractivity contribution in [2.24, 2.45) is 0 Å². The van der Waals surface area contributed by atoms with Crippen molar-refractivity contribution in [3.63, 3.8) is 0 Å². The molecule has 4 aromatic rings. The van der Waals surface area contributed by atoms with Crippen LogP contribution in [0.1, 0.15) is 41.1 Å². The topological polar surface area (TPSA) is 87.9 Å². The molecule has 12 heteroatoms. The number of carbonyl (C=O) groups is 1. The van der Waals surface area contributed by atoms with Crippen molar-refractivity contribution in [2.45, 2.75) is 57.2 Å². The van der Waals surface area contributed by atoms with Gasteiger partial charge in [-0.05, 0) is 55.3 Å². The highest BCUT2D eigenvalue weighted by Gasteiger charge is 2.32. The Bertz CT molecular complexity index is 1630. The number of hydrogen-bond acceptors (Lipinski definition) is 8. The summed E-state index contributed by atoms with van der Waals surface area (Å²) < 4.78 is 53.0. The number of aromatic nitrogens is 3. The molecule has 0 spiro atoms. The van der Waals surface area contributed by atoms with Crippen LogP contribution < -0.4 is 9.47 Å². The lowest BCUT2D eigenvalue weighted by Gasteiger charge is -2.38. The lowest BCUT2D eigenvalue weighted by atomic mass is 10.00. The van der Waals surface area contributed by atoms with Crippen LogP contribution in [0, 0.1) is 5.82 Å². The fourth-order valence-electron chi connectivity index (χ4n) is 5.64. The third-order valence-corrected chi connectivity index (χ3v) is 8.34. The number of carbonyl (C=O) groups excluding carboxylic acids is 1. The van der Waals surface area contributed by atoms with Crippen molar-refractivity contribution >= 4 is 28.6 Å². The number of methoxy groups -OCH3 is 1. The minimum absolute atomic E-state index is 0.0509. The van der Waals surface area contributed by atoms with Crippen molar-refractivity contribution in [2.75, 3.05) is 26.9 Å².